The van der Waals surface area contributed by atoms with Crippen LogP contribution in [0.2, 0.25) is 0 Å². The average Bonchev–Trinajstić information content (AvgIpc) is 1.60. The van der Waals surface area contributed by atoms with Crippen molar-refractivity contribution in [3.8, 4) is 0 Å². The van der Waals surface area contributed by atoms with Gasteiger partial charge in [-0.2, -0.15) is 0 Å². The first kappa shape index (κ1) is 10.2. The Hall–Kier alpha value is 0.210. The largest absolute Gasteiger partial charge is 0.619 e. The summed E-state index contributed by atoms with van der Waals surface area (Å²) in [6.45, 7) is 2.99. The Morgan fingerprint density at radius 3 is 2.10 bits per heavy atom. The lowest BCUT2D eigenvalue weighted by Gasteiger charge is -2.07. The number of rotatable bonds is 3. The molecule has 0 saturated carbocycles. The van der Waals surface area contributed by atoms with Gasteiger partial charge in [-0.3, -0.25) is 4.57 Å². The van der Waals surface area contributed by atoms with Crippen LogP contribution >= 0.6 is 15.7 Å². The molecule has 0 aromatic heterocycles. The average molecular weight is 186 g/mol. The molecule has 0 radical (unpaired) electrons. The topological polar surface area (TPSA) is 86.6 Å². The molecule has 7 heteroatoms. The Morgan fingerprint density at radius 1 is 1.60 bits per heavy atom. The standard InChI is InChI=1S/C3H9NO4P2/c1-3(2)10(7,8)4-9(5)6/h3H,1-2H3,(H2-,4,5,6,7,8)/p+1. The second kappa shape index (κ2) is 3.56. The summed E-state index contributed by atoms with van der Waals surface area (Å²) in [6, 6.07) is 0. The van der Waals surface area contributed by atoms with Gasteiger partial charge in [0.25, 0.3) is 0 Å². The molecule has 5 nitrogen and oxygen atoms in total. The maximum Gasteiger partial charge on any atom is 0.619 e. The molecule has 0 bridgehead atoms. The lowest BCUT2D eigenvalue weighted by Crippen LogP contribution is -2.08. The van der Waals surface area contributed by atoms with Crippen molar-refractivity contribution in [2.75, 3.05) is 0 Å². The summed E-state index contributed by atoms with van der Waals surface area (Å²) in [5.74, 6) is 0. The summed E-state index contributed by atoms with van der Waals surface area (Å²) in [4.78, 5) is 18.8. The van der Waals surface area contributed by atoms with Crippen molar-refractivity contribution in [3.05, 3.63) is 0 Å². The van der Waals surface area contributed by atoms with Gasteiger partial charge < -0.3 is 4.89 Å². The van der Waals surface area contributed by atoms with Gasteiger partial charge in [0, 0.05) is 10.5 Å². The molecule has 2 unspecified atom stereocenters. The second-order valence-corrected chi connectivity index (χ2v) is 5.71. The predicted octanol–water partition coefficient (Wildman–Crippen LogP) is 0.819. The Morgan fingerprint density at radius 2 is 2.00 bits per heavy atom. The van der Waals surface area contributed by atoms with Gasteiger partial charge in [-0.25, -0.2) is 0 Å². The number of hydrogen-bond acceptors (Lipinski definition) is 2. The molecule has 0 aromatic carbocycles. The van der Waals surface area contributed by atoms with E-state index in [1.165, 1.54) is 13.8 Å². The van der Waals surface area contributed by atoms with Crippen molar-refractivity contribution in [3.63, 3.8) is 0 Å². The Bertz CT molecular complexity index is 179. The molecule has 0 aliphatic heterocycles. The van der Waals surface area contributed by atoms with E-state index in [1.54, 1.807) is 4.86 Å². The summed E-state index contributed by atoms with van der Waals surface area (Å²) in [7, 11) is -6.34. The molecule has 60 valence electrons. The van der Waals surface area contributed by atoms with Crippen LogP contribution in [0.4, 0.5) is 0 Å². The van der Waals surface area contributed by atoms with Crippen molar-refractivity contribution in [2.45, 2.75) is 19.5 Å². The van der Waals surface area contributed by atoms with Crippen molar-refractivity contribution >= 4 is 15.7 Å². The first-order valence-electron chi connectivity index (χ1n) is 2.63. The van der Waals surface area contributed by atoms with Crippen LogP contribution in [0.15, 0.2) is 0 Å². The van der Waals surface area contributed by atoms with E-state index >= 15 is 0 Å². The van der Waals surface area contributed by atoms with Crippen molar-refractivity contribution < 1.29 is 18.9 Å². The fourth-order valence-corrected chi connectivity index (χ4v) is 2.14. The first-order chi connectivity index (χ1) is 4.36. The van der Waals surface area contributed by atoms with Gasteiger partial charge in [-0.1, -0.05) is 13.8 Å². The third-order valence-electron chi connectivity index (χ3n) is 0.929. The molecule has 2 atom stereocenters. The minimum absolute atomic E-state index is 0.543. The van der Waals surface area contributed by atoms with E-state index in [0.717, 1.165) is 0 Å². The maximum atomic E-state index is 10.8. The zero-order valence-corrected chi connectivity index (χ0v) is 7.47. The van der Waals surface area contributed by atoms with E-state index in [2.05, 4.69) is 0 Å². The molecule has 0 saturated heterocycles. The number of nitrogens with one attached hydrogen (secondary N) is 1. The normalized spacial score (nSPS) is 18.7. The summed E-state index contributed by atoms with van der Waals surface area (Å²) < 4.78 is 20.8. The van der Waals surface area contributed by atoms with Crippen molar-refractivity contribution in [1.82, 2.24) is 4.86 Å². The van der Waals surface area contributed by atoms with Crippen LogP contribution in [0.3, 0.4) is 0 Å². The second-order valence-electron chi connectivity index (χ2n) is 2.09. The molecular formula is C3H10NO4P2+. The zero-order valence-electron chi connectivity index (χ0n) is 5.68. The fourth-order valence-electron chi connectivity index (χ4n) is 0.238. The Balaban J connectivity index is 4.14. The highest BCUT2D eigenvalue weighted by Crippen LogP contribution is 2.45. The molecule has 0 aliphatic rings. The van der Waals surface area contributed by atoms with Crippen LogP contribution in [0.25, 0.3) is 0 Å². The van der Waals surface area contributed by atoms with Gasteiger partial charge in [0.1, 0.15) is 0 Å². The van der Waals surface area contributed by atoms with Crippen LogP contribution < -0.4 is 4.86 Å². The third-order valence-corrected chi connectivity index (χ3v) is 4.16. The lowest BCUT2D eigenvalue weighted by molar-refractivity contribution is 0.454. The summed E-state index contributed by atoms with van der Waals surface area (Å²) in [6.07, 6.45) is 0. The highest BCUT2D eigenvalue weighted by atomic mass is 31.2. The van der Waals surface area contributed by atoms with Crippen LogP contribution in [-0.2, 0) is 9.13 Å². The van der Waals surface area contributed by atoms with E-state index in [0.29, 0.717) is 0 Å². The summed E-state index contributed by atoms with van der Waals surface area (Å²) in [5.41, 5.74) is -0.543. The predicted molar refractivity (Wildman–Crippen MR) is 37.9 cm³/mol. The van der Waals surface area contributed by atoms with E-state index in [4.69, 9.17) is 9.79 Å². The van der Waals surface area contributed by atoms with Gasteiger partial charge in [0.05, 0.1) is 0 Å². The molecule has 0 heterocycles. The highest BCUT2D eigenvalue weighted by molar-refractivity contribution is 7.65. The summed E-state index contributed by atoms with van der Waals surface area (Å²) >= 11 is 0. The van der Waals surface area contributed by atoms with E-state index in [1.807, 2.05) is 0 Å². The van der Waals surface area contributed by atoms with Crippen LogP contribution in [0, 0.1) is 0 Å². The van der Waals surface area contributed by atoms with Gasteiger partial charge in [0.15, 0.2) is 0 Å². The van der Waals surface area contributed by atoms with Gasteiger partial charge >= 0.3 is 15.7 Å². The number of hydrogen-bond donors (Lipinski definition) is 3. The molecular weight excluding hydrogens is 176 g/mol. The first-order valence-corrected chi connectivity index (χ1v) is 5.57. The van der Waals surface area contributed by atoms with Crippen LogP contribution in [-0.4, -0.2) is 15.4 Å². The summed E-state index contributed by atoms with van der Waals surface area (Å²) in [5, 5.41) is 0. The van der Waals surface area contributed by atoms with Crippen molar-refractivity contribution in [1.29, 1.82) is 0 Å². The molecule has 0 rings (SSSR count). The minimum Gasteiger partial charge on any atom is -0.331 e. The van der Waals surface area contributed by atoms with Gasteiger partial charge in [0.2, 0.25) is 0 Å². The molecule has 0 aromatic rings. The third kappa shape index (κ3) is 3.40. The molecule has 0 amide bonds. The molecule has 10 heavy (non-hydrogen) atoms. The molecule has 0 fully saturated rings. The monoisotopic (exact) mass is 186 g/mol. The SMILES string of the molecule is CC(C)P(=O)(O)N[P+](=O)O. The molecule has 0 spiro atoms. The zero-order chi connectivity index (χ0) is 8.36. The van der Waals surface area contributed by atoms with Crippen LogP contribution in [0.5, 0.6) is 0 Å². The molecule has 0 aliphatic carbocycles. The smallest absolute Gasteiger partial charge is 0.331 e. The fraction of sp³-hybridized carbons (Fsp3) is 1.00. The Labute approximate surface area is 59.9 Å². The molecule has 3 N–H and O–H groups in total. The van der Waals surface area contributed by atoms with E-state index in [-0.39, 0.29) is 0 Å². The van der Waals surface area contributed by atoms with Gasteiger partial charge in [-0.05, 0) is 4.57 Å². The highest BCUT2D eigenvalue weighted by Gasteiger charge is 2.32. The lowest BCUT2D eigenvalue weighted by atomic mass is 10.6. The van der Waals surface area contributed by atoms with E-state index in [9.17, 15) is 9.13 Å². The Kier molecular flexibility index (Phi) is 3.63. The maximum absolute atomic E-state index is 10.8. The van der Waals surface area contributed by atoms with Gasteiger partial charge in [-0.15, -0.1) is 4.89 Å². The van der Waals surface area contributed by atoms with Crippen LogP contribution in [0.1, 0.15) is 13.8 Å². The van der Waals surface area contributed by atoms with Crippen molar-refractivity contribution in [2.24, 2.45) is 0 Å². The minimum atomic E-state index is -3.60. The van der Waals surface area contributed by atoms with E-state index < -0.39 is 21.4 Å². The quantitative estimate of drug-likeness (QED) is 0.568.